The van der Waals surface area contributed by atoms with E-state index in [2.05, 4.69) is 17.1 Å². The van der Waals surface area contributed by atoms with Crippen molar-refractivity contribution in [3.63, 3.8) is 0 Å². The number of benzene rings is 1. The number of rotatable bonds is 4. The first kappa shape index (κ1) is 15.1. The molecule has 0 fully saturated rings. The molecule has 0 aliphatic carbocycles. The van der Waals surface area contributed by atoms with Crippen LogP contribution in [0.4, 0.5) is 18.9 Å². The van der Waals surface area contributed by atoms with Gasteiger partial charge in [0.2, 0.25) is 0 Å². The van der Waals surface area contributed by atoms with E-state index in [1.165, 1.54) is 0 Å². The number of para-hydroxylation sites is 1. The van der Waals surface area contributed by atoms with Crippen LogP contribution in [0.15, 0.2) is 24.3 Å². The van der Waals surface area contributed by atoms with Gasteiger partial charge in [0.1, 0.15) is 6.61 Å². The van der Waals surface area contributed by atoms with Crippen molar-refractivity contribution in [2.24, 2.45) is 0 Å². The molecule has 0 spiro atoms. The molecule has 1 unspecified atom stereocenters. The van der Waals surface area contributed by atoms with Crippen molar-refractivity contribution in [1.82, 2.24) is 5.32 Å². The van der Waals surface area contributed by atoms with E-state index in [1.807, 2.05) is 24.3 Å². The molecule has 1 aromatic rings. The standard InChI is InChI=1S/C14H19F3N2O/c1-11-9-19(6-7-20-10-14(15,16)17)13-5-3-2-4-12(13)8-18-11/h2-5,11,18H,6-10H2,1H3. The van der Waals surface area contributed by atoms with E-state index in [0.29, 0.717) is 6.54 Å². The Morgan fingerprint density at radius 3 is 2.85 bits per heavy atom. The van der Waals surface area contributed by atoms with Gasteiger partial charge in [-0.2, -0.15) is 13.2 Å². The number of fused-ring (bicyclic) bond motifs is 1. The molecular formula is C14H19F3N2O. The Hall–Kier alpha value is -1.27. The molecule has 0 saturated heterocycles. The topological polar surface area (TPSA) is 24.5 Å². The van der Waals surface area contributed by atoms with Gasteiger partial charge in [-0.25, -0.2) is 0 Å². The van der Waals surface area contributed by atoms with Crippen LogP contribution in [0.1, 0.15) is 12.5 Å². The van der Waals surface area contributed by atoms with Crippen LogP contribution in [0.2, 0.25) is 0 Å². The van der Waals surface area contributed by atoms with Crippen LogP contribution in [-0.2, 0) is 11.3 Å². The summed E-state index contributed by atoms with van der Waals surface area (Å²) in [6, 6.07) is 8.22. The SMILES string of the molecule is CC1CN(CCOCC(F)(F)F)c2ccccc2CN1. The number of anilines is 1. The number of nitrogens with zero attached hydrogens (tertiary/aromatic N) is 1. The third kappa shape index (κ3) is 4.38. The quantitative estimate of drug-likeness (QED) is 0.862. The van der Waals surface area contributed by atoms with Crippen LogP contribution in [-0.4, -0.2) is 38.5 Å². The molecule has 1 aliphatic heterocycles. The Kier molecular flexibility index (Phi) is 4.88. The lowest BCUT2D eigenvalue weighted by Crippen LogP contribution is -2.38. The van der Waals surface area contributed by atoms with Crippen LogP contribution in [0.3, 0.4) is 0 Å². The largest absolute Gasteiger partial charge is 0.411 e. The molecule has 0 amide bonds. The number of nitrogens with one attached hydrogen (secondary N) is 1. The Morgan fingerprint density at radius 1 is 1.35 bits per heavy atom. The fourth-order valence-electron chi connectivity index (χ4n) is 2.32. The van der Waals surface area contributed by atoms with Crippen LogP contribution < -0.4 is 10.2 Å². The molecule has 1 aliphatic rings. The molecule has 6 heteroatoms. The van der Waals surface area contributed by atoms with Gasteiger partial charge in [0.15, 0.2) is 0 Å². The summed E-state index contributed by atoms with van der Waals surface area (Å²) in [6.07, 6.45) is -4.26. The monoisotopic (exact) mass is 288 g/mol. The highest BCUT2D eigenvalue weighted by molar-refractivity contribution is 5.54. The van der Waals surface area contributed by atoms with Crippen LogP contribution in [0.5, 0.6) is 0 Å². The third-order valence-electron chi connectivity index (χ3n) is 3.24. The maximum absolute atomic E-state index is 12.0. The summed E-state index contributed by atoms with van der Waals surface area (Å²) >= 11 is 0. The number of halogens is 3. The molecule has 0 radical (unpaired) electrons. The minimum absolute atomic E-state index is 0.0700. The van der Waals surface area contributed by atoms with Gasteiger partial charge in [-0.3, -0.25) is 0 Å². The van der Waals surface area contributed by atoms with Gasteiger partial charge < -0.3 is 15.0 Å². The van der Waals surface area contributed by atoms with Crippen molar-refractivity contribution in [1.29, 1.82) is 0 Å². The smallest absolute Gasteiger partial charge is 0.370 e. The average molecular weight is 288 g/mol. The summed E-state index contributed by atoms with van der Waals surface area (Å²) in [6.45, 7) is 2.94. The minimum atomic E-state index is -4.26. The molecule has 0 bridgehead atoms. The highest BCUT2D eigenvalue weighted by atomic mass is 19.4. The van der Waals surface area contributed by atoms with E-state index in [9.17, 15) is 13.2 Å². The summed E-state index contributed by atoms with van der Waals surface area (Å²) in [5, 5.41) is 3.38. The second-order valence-corrected chi connectivity index (χ2v) is 5.02. The van der Waals surface area contributed by atoms with Gasteiger partial charge in [-0.05, 0) is 18.6 Å². The molecular weight excluding hydrogens is 269 g/mol. The molecule has 2 rings (SSSR count). The normalized spacial score (nSPS) is 19.6. The van der Waals surface area contributed by atoms with Crippen LogP contribution in [0, 0.1) is 0 Å². The Labute approximate surface area is 116 Å². The van der Waals surface area contributed by atoms with Gasteiger partial charge in [0, 0.05) is 31.4 Å². The van der Waals surface area contributed by atoms with Gasteiger partial charge in [0.25, 0.3) is 0 Å². The summed E-state index contributed by atoms with van der Waals surface area (Å²) in [5.74, 6) is 0. The predicted octanol–water partition coefficient (Wildman–Crippen LogP) is 2.56. The fraction of sp³-hybridized carbons (Fsp3) is 0.571. The first-order valence-electron chi connectivity index (χ1n) is 6.66. The number of ether oxygens (including phenoxy) is 1. The molecule has 1 N–H and O–H groups in total. The minimum Gasteiger partial charge on any atom is -0.370 e. The van der Waals surface area contributed by atoms with E-state index in [4.69, 9.17) is 4.74 Å². The van der Waals surface area contributed by atoms with Crippen molar-refractivity contribution < 1.29 is 17.9 Å². The third-order valence-corrected chi connectivity index (χ3v) is 3.24. The van der Waals surface area contributed by atoms with Gasteiger partial charge >= 0.3 is 6.18 Å². The van der Waals surface area contributed by atoms with Crippen molar-refractivity contribution in [2.75, 3.05) is 31.2 Å². The maximum atomic E-state index is 12.0. The van der Waals surface area contributed by atoms with E-state index in [0.717, 1.165) is 24.3 Å². The number of hydrogen-bond donors (Lipinski definition) is 1. The number of hydrogen-bond acceptors (Lipinski definition) is 3. The summed E-state index contributed by atoms with van der Waals surface area (Å²) in [4.78, 5) is 2.08. The molecule has 1 heterocycles. The van der Waals surface area contributed by atoms with Crippen LogP contribution in [0.25, 0.3) is 0 Å². The van der Waals surface area contributed by atoms with Gasteiger partial charge in [-0.15, -0.1) is 0 Å². The van der Waals surface area contributed by atoms with Crippen molar-refractivity contribution in [2.45, 2.75) is 25.7 Å². The average Bonchev–Trinajstić information content (AvgIpc) is 2.54. The molecule has 0 aromatic heterocycles. The zero-order valence-corrected chi connectivity index (χ0v) is 11.4. The predicted molar refractivity (Wildman–Crippen MR) is 71.8 cm³/mol. The Morgan fingerprint density at radius 2 is 2.10 bits per heavy atom. The molecule has 0 saturated carbocycles. The Bertz CT molecular complexity index is 437. The molecule has 112 valence electrons. The lowest BCUT2D eigenvalue weighted by molar-refractivity contribution is -0.173. The zero-order chi connectivity index (χ0) is 14.6. The van der Waals surface area contributed by atoms with Crippen LogP contribution >= 0.6 is 0 Å². The lowest BCUT2D eigenvalue weighted by Gasteiger charge is -2.26. The molecule has 1 atom stereocenters. The summed E-state index contributed by atoms with van der Waals surface area (Å²) in [5.41, 5.74) is 2.23. The van der Waals surface area contributed by atoms with Crippen molar-refractivity contribution in [3.8, 4) is 0 Å². The van der Waals surface area contributed by atoms with E-state index < -0.39 is 12.8 Å². The highest BCUT2D eigenvalue weighted by Crippen LogP contribution is 2.23. The number of alkyl halides is 3. The van der Waals surface area contributed by atoms with Gasteiger partial charge in [0.05, 0.1) is 6.61 Å². The lowest BCUT2D eigenvalue weighted by atomic mass is 10.1. The molecule has 3 nitrogen and oxygen atoms in total. The molecule has 1 aromatic carbocycles. The highest BCUT2D eigenvalue weighted by Gasteiger charge is 2.27. The second-order valence-electron chi connectivity index (χ2n) is 5.02. The first-order chi connectivity index (χ1) is 9.46. The first-order valence-corrected chi connectivity index (χ1v) is 6.66. The van der Waals surface area contributed by atoms with Crippen molar-refractivity contribution in [3.05, 3.63) is 29.8 Å². The van der Waals surface area contributed by atoms with Gasteiger partial charge in [-0.1, -0.05) is 18.2 Å². The van der Waals surface area contributed by atoms with E-state index in [1.54, 1.807) is 0 Å². The van der Waals surface area contributed by atoms with E-state index in [-0.39, 0.29) is 12.6 Å². The summed E-state index contributed by atoms with van der Waals surface area (Å²) < 4.78 is 40.8. The molecule has 20 heavy (non-hydrogen) atoms. The zero-order valence-electron chi connectivity index (χ0n) is 11.4. The summed E-state index contributed by atoms with van der Waals surface area (Å²) in [7, 11) is 0. The Balaban J connectivity index is 1.95. The van der Waals surface area contributed by atoms with E-state index >= 15 is 0 Å². The maximum Gasteiger partial charge on any atom is 0.411 e. The second kappa shape index (κ2) is 6.45. The fourth-order valence-corrected chi connectivity index (χ4v) is 2.32. The van der Waals surface area contributed by atoms with Crippen molar-refractivity contribution >= 4 is 5.69 Å².